The summed E-state index contributed by atoms with van der Waals surface area (Å²) < 4.78 is 4.78. The molecule has 2 N–H and O–H groups in total. The van der Waals surface area contributed by atoms with E-state index in [1.54, 1.807) is 0 Å². The first-order chi connectivity index (χ1) is 11.7. The highest BCUT2D eigenvalue weighted by atomic mass is 16.6. The number of allylic oxidation sites excluding steroid dienone is 1. The van der Waals surface area contributed by atoms with Crippen LogP contribution in [0.3, 0.4) is 0 Å². The Hall–Kier alpha value is -1.62. The summed E-state index contributed by atoms with van der Waals surface area (Å²) in [5.41, 5.74) is 0.674. The lowest BCUT2D eigenvalue weighted by atomic mass is 9.46. The molecule has 0 aromatic rings. The first kappa shape index (κ1) is 18.2. The zero-order chi connectivity index (χ0) is 18.4. The minimum atomic E-state index is -1.15. The van der Waals surface area contributed by atoms with Crippen molar-refractivity contribution in [2.45, 2.75) is 65.6 Å². The molecule has 25 heavy (non-hydrogen) atoms. The molecule has 1 aliphatic heterocycles. The van der Waals surface area contributed by atoms with E-state index in [1.807, 2.05) is 6.92 Å². The number of carbonyl (C=O) groups is 2. The summed E-state index contributed by atoms with van der Waals surface area (Å²) in [6.07, 6.45) is 6.99. The van der Waals surface area contributed by atoms with E-state index in [-0.39, 0.29) is 11.3 Å². The maximum atomic E-state index is 12.3. The van der Waals surface area contributed by atoms with Crippen molar-refractivity contribution in [2.75, 3.05) is 0 Å². The zero-order valence-corrected chi connectivity index (χ0v) is 15.2. The molecular formula is C20H28O5. The zero-order valence-electron chi connectivity index (χ0n) is 15.2. The van der Waals surface area contributed by atoms with Crippen molar-refractivity contribution < 1.29 is 24.5 Å². The molecule has 3 rings (SSSR count). The summed E-state index contributed by atoms with van der Waals surface area (Å²) in [6.45, 7) is 6.37. The smallest absolute Gasteiger partial charge is 0.333 e. The lowest BCUT2D eigenvalue weighted by molar-refractivity contribution is -0.162. The summed E-state index contributed by atoms with van der Waals surface area (Å²) in [4.78, 5) is 23.6. The Morgan fingerprint density at radius 1 is 1.40 bits per heavy atom. The second-order valence-electron chi connectivity index (χ2n) is 8.25. The van der Waals surface area contributed by atoms with Crippen LogP contribution >= 0.6 is 0 Å². The van der Waals surface area contributed by atoms with Crippen LogP contribution in [0.1, 0.15) is 59.3 Å². The van der Waals surface area contributed by atoms with Crippen LogP contribution in [-0.4, -0.2) is 28.4 Å². The Morgan fingerprint density at radius 2 is 2.12 bits per heavy atom. The molecule has 0 bridgehead atoms. The van der Waals surface area contributed by atoms with Gasteiger partial charge in [-0.1, -0.05) is 25.5 Å². The molecule has 0 saturated heterocycles. The van der Waals surface area contributed by atoms with Gasteiger partial charge in [0.1, 0.15) is 0 Å². The summed E-state index contributed by atoms with van der Waals surface area (Å²) in [6, 6.07) is 0. The summed E-state index contributed by atoms with van der Waals surface area (Å²) in [5.74, 6) is -0.739. The Labute approximate surface area is 148 Å². The van der Waals surface area contributed by atoms with Gasteiger partial charge in [0, 0.05) is 11.6 Å². The average Bonchev–Trinajstić information content (AvgIpc) is 2.87. The van der Waals surface area contributed by atoms with Crippen LogP contribution in [0.15, 0.2) is 23.3 Å². The number of esters is 1. The number of carboxylic acids is 1. The van der Waals surface area contributed by atoms with Crippen molar-refractivity contribution >= 4 is 11.9 Å². The summed E-state index contributed by atoms with van der Waals surface area (Å²) in [7, 11) is 0. The molecule has 1 fully saturated rings. The van der Waals surface area contributed by atoms with Gasteiger partial charge in [-0.2, -0.15) is 0 Å². The number of cyclic esters (lactones) is 1. The fourth-order valence-corrected chi connectivity index (χ4v) is 5.45. The van der Waals surface area contributed by atoms with E-state index in [0.29, 0.717) is 24.3 Å². The number of aliphatic carboxylic acids is 1. The molecule has 3 aliphatic rings. The lowest BCUT2D eigenvalue weighted by Crippen LogP contribution is -2.54. The van der Waals surface area contributed by atoms with E-state index >= 15 is 0 Å². The summed E-state index contributed by atoms with van der Waals surface area (Å²) in [5, 5.41) is 20.0. The number of hydrogen-bond donors (Lipinski definition) is 2. The fourth-order valence-electron chi connectivity index (χ4n) is 5.45. The Morgan fingerprint density at radius 3 is 2.72 bits per heavy atom. The predicted molar refractivity (Wildman–Crippen MR) is 92.5 cm³/mol. The van der Waals surface area contributed by atoms with Gasteiger partial charge in [-0.3, -0.25) is 4.79 Å². The third kappa shape index (κ3) is 2.73. The van der Waals surface area contributed by atoms with Crippen LogP contribution in [0.5, 0.6) is 0 Å². The topological polar surface area (TPSA) is 83.8 Å². The van der Waals surface area contributed by atoms with Gasteiger partial charge in [-0.05, 0) is 62.7 Å². The van der Waals surface area contributed by atoms with Crippen LogP contribution < -0.4 is 0 Å². The van der Waals surface area contributed by atoms with Gasteiger partial charge >= 0.3 is 11.9 Å². The molecule has 5 atom stereocenters. The van der Waals surface area contributed by atoms with Gasteiger partial charge in [-0.25, -0.2) is 4.79 Å². The van der Waals surface area contributed by atoms with E-state index in [1.165, 1.54) is 6.08 Å². The number of carboxylic acid groups (broad SMARTS) is 1. The van der Waals surface area contributed by atoms with Crippen molar-refractivity contribution in [3.05, 3.63) is 23.3 Å². The van der Waals surface area contributed by atoms with Crippen molar-refractivity contribution in [3.8, 4) is 0 Å². The predicted octanol–water partition coefficient (Wildman–Crippen LogP) is 3.43. The number of aliphatic hydroxyl groups excluding tert-OH is 1. The Balaban J connectivity index is 1.90. The molecule has 0 aromatic heterocycles. The number of hydrogen-bond acceptors (Lipinski definition) is 4. The molecule has 1 saturated carbocycles. The lowest BCUT2D eigenvalue weighted by Gasteiger charge is -2.57. The van der Waals surface area contributed by atoms with Crippen LogP contribution in [0.4, 0.5) is 0 Å². The molecule has 5 heteroatoms. The number of ether oxygens (including phenoxy) is 1. The Kier molecular flexibility index (Phi) is 4.56. The normalized spacial score (nSPS) is 40.8. The van der Waals surface area contributed by atoms with E-state index in [4.69, 9.17) is 4.74 Å². The van der Waals surface area contributed by atoms with Gasteiger partial charge in [0.25, 0.3) is 0 Å². The third-order valence-corrected chi connectivity index (χ3v) is 7.28. The van der Waals surface area contributed by atoms with Crippen molar-refractivity contribution in [1.82, 2.24) is 0 Å². The molecule has 0 radical (unpaired) electrons. The molecule has 0 spiro atoms. The minimum absolute atomic E-state index is 0.0713. The highest BCUT2D eigenvalue weighted by molar-refractivity contribution is 5.85. The van der Waals surface area contributed by atoms with E-state index in [9.17, 15) is 19.8 Å². The van der Waals surface area contributed by atoms with Gasteiger partial charge in [0.2, 0.25) is 6.29 Å². The molecule has 0 unspecified atom stereocenters. The standard InChI is InChI=1S/C20H28O5/c1-12-7-10-20(18(23)24)13(2)5-4-6-15(20)19(12,3)9-8-14-11-16(21)25-17(14)22/h5,11-12,15,17,22H,4,6-10H2,1-3H3,(H,23,24)/t12-,15-,17-,19+,20-/m1/s1. The summed E-state index contributed by atoms with van der Waals surface area (Å²) >= 11 is 0. The first-order valence-corrected chi connectivity index (χ1v) is 9.21. The molecule has 138 valence electrons. The second kappa shape index (κ2) is 6.27. The third-order valence-electron chi connectivity index (χ3n) is 7.28. The largest absolute Gasteiger partial charge is 0.481 e. The van der Waals surface area contributed by atoms with Crippen LogP contribution in [0.2, 0.25) is 0 Å². The van der Waals surface area contributed by atoms with Gasteiger partial charge in [-0.15, -0.1) is 0 Å². The van der Waals surface area contributed by atoms with Gasteiger partial charge < -0.3 is 14.9 Å². The van der Waals surface area contributed by atoms with E-state index in [2.05, 4.69) is 19.9 Å². The maximum absolute atomic E-state index is 12.3. The highest BCUT2D eigenvalue weighted by Gasteiger charge is 2.59. The molecule has 5 nitrogen and oxygen atoms in total. The monoisotopic (exact) mass is 348 g/mol. The highest BCUT2D eigenvalue weighted by Crippen LogP contribution is 2.62. The van der Waals surface area contributed by atoms with Gasteiger partial charge in [0.15, 0.2) is 0 Å². The minimum Gasteiger partial charge on any atom is -0.481 e. The Bertz CT molecular complexity index is 648. The molecule has 1 heterocycles. The number of aliphatic hydroxyl groups is 1. The van der Waals surface area contributed by atoms with Crippen molar-refractivity contribution in [3.63, 3.8) is 0 Å². The molecule has 0 amide bonds. The van der Waals surface area contributed by atoms with Crippen LogP contribution in [0, 0.1) is 22.7 Å². The van der Waals surface area contributed by atoms with Crippen LogP contribution in [-0.2, 0) is 14.3 Å². The van der Waals surface area contributed by atoms with Crippen molar-refractivity contribution in [2.24, 2.45) is 22.7 Å². The SMILES string of the molecule is CC1=CCC[C@H]2[C@@]1(C(=O)O)CC[C@@H](C)[C@]2(C)CCC1=CC(=O)O[C@H]1O. The number of rotatable bonds is 4. The quantitative estimate of drug-likeness (QED) is 0.601. The van der Waals surface area contributed by atoms with Gasteiger partial charge in [0.05, 0.1) is 5.41 Å². The van der Waals surface area contributed by atoms with Crippen LogP contribution in [0.25, 0.3) is 0 Å². The number of carbonyl (C=O) groups excluding carboxylic acids is 1. The number of fused-ring (bicyclic) bond motifs is 1. The first-order valence-electron chi connectivity index (χ1n) is 9.21. The fraction of sp³-hybridized carbons (Fsp3) is 0.700. The van der Waals surface area contributed by atoms with Crippen molar-refractivity contribution in [1.29, 1.82) is 0 Å². The second-order valence-corrected chi connectivity index (χ2v) is 8.25. The van der Waals surface area contributed by atoms with E-state index in [0.717, 1.165) is 31.3 Å². The molecule has 2 aliphatic carbocycles. The van der Waals surface area contributed by atoms with E-state index < -0.39 is 23.6 Å². The molecular weight excluding hydrogens is 320 g/mol. The molecule has 0 aromatic carbocycles. The maximum Gasteiger partial charge on any atom is 0.333 e. The average molecular weight is 348 g/mol.